The summed E-state index contributed by atoms with van der Waals surface area (Å²) in [5, 5.41) is 28.7. The molecule has 3 heterocycles. The number of hydrogen-bond acceptors (Lipinski definition) is 9. The normalized spacial score (nSPS) is 24.7. The summed E-state index contributed by atoms with van der Waals surface area (Å²) in [7, 11) is -3.33. The van der Waals surface area contributed by atoms with Crippen LogP contribution in [0.2, 0.25) is 5.02 Å². The molecule has 57 heavy (non-hydrogen) atoms. The van der Waals surface area contributed by atoms with Gasteiger partial charge in [-0.05, 0) is 110 Å². The maximum Gasteiger partial charge on any atom is 0.335 e. The topological polar surface area (TPSA) is 155 Å². The number of hydrogen-bond donors (Lipinski definition) is 4. The van der Waals surface area contributed by atoms with Crippen LogP contribution in [0, 0.1) is 11.8 Å². The highest BCUT2D eigenvalue weighted by Crippen LogP contribution is 2.46. The number of aliphatic hydroxyl groups is 1. The quantitative estimate of drug-likeness (QED) is 0.110. The van der Waals surface area contributed by atoms with Crippen LogP contribution < -0.4 is 20.1 Å². The van der Waals surface area contributed by atoms with Gasteiger partial charge in [0.05, 0.1) is 42.4 Å². The molecule has 0 aromatic heterocycles. The number of carboxylic acids is 1. The van der Waals surface area contributed by atoms with Gasteiger partial charge in [0, 0.05) is 55.7 Å². The van der Waals surface area contributed by atoms with Gasteiger partial charge in [-0.15, -0.1) is 13.2 Å². The van der Waals surface area contributed by atoms with Gasteiger partial charge in [0.25, 0.3) is 0 Å². The number of sulfonamides is 1. The number of aliphatic hydroxyl groups excluding tert-OH is 1. The molecule has 5 aliphatic rings. The number of nitrogens with one attached hydrogen (secondary N) is 1. The minimum absolute atomic E-state index is 0. The number of aryl methyl sites for hydroxylation is 1. The van der Waals surface area contributed by atoms with Crippen molar-refractivity contribution < 1.29 is 32.9 Å². The van der Waals surface area contributed by atoms with E-state index in [1.54, 1.807) is 30.4 Å². The van der Waals surface area contributed by atoms with E-state index in [0.717, 1.165) is 94.5 Å². The SMILES string of the molecule is C.C1CN2CCOC[C@@H]2CN1.C=CCC[C@@H](CC)S(N)(=O)=O.C=C[C@H](O)[C@@H]1CC[C@H]1CN1C[C@@]2(CCCc3cc(Cl)ccc32)COc2ccc(C(=O)O)cc21.CI. The number of nitrogens with two attached hydrogens (primary N) is 1. The lowest BCUT2D eigenvalue weighted by atomic mass is 9.68. The number of piperazine rings is 1. The third-order valence-electron chi connectivity index (χ3n) is 11.8. The Hall–Kier alpha value is -2.24. The summed E-state index contributed by atoms with van der Waals surface area (Å²) in [6.45, 7) is 17.6. The molecule has 2 aliphatic carbocycles. The van der Waals surface area contributed by atoms with Crippen molar-refractivity contribution in [2.75, 3.05) is 68.9 Å². The van der Waals surface area contributed by atoms with Crippen molar-refractivity contribution in [3.05, 3.63) is 83.4 Å². The van der Waals surface area contributed by atoms with Crippen molar-refractivity contribution in [2.24, 2.45) is 17.0 Å². The molecule has 0 bridgehead atoms. The molecule has 2 aromatic rings. The molecule has 320 valence electrons. The molecule has 5 N–H and O–H groups in total. The van der Waals surface area contributed by atoms with E-state index >= 15 is 0 Å². The number of alkyl halides is 1. The van der Waals surface area contributed by atoms with Crippen molar-refractivity contribution >= 4 is 55.9 Å². The van der Waals surface area contributed by atoms with E-state index in [1.807, 2.05) is 17.9 Å². The zero-order valence-electron chi connectivity index (χ0n) is 33.0. The smallest absolute Gasteiger partial charge is 0.335 e. The van der Waals surface area contributed by atoms with Crippen LogP contribution in [-0.2, 0) is 26.6 Å². The molecule has 0 amide bonds. The van der Waals surface area contributed by atoms with Gasteiger partial charge in [-0.3, -0.25) is 4.90 Å². The molecule has 1 saturated carbocycles. The van der Waals surface area contributed by atoms with Gasteiger partial charge in [-0.2, -0.15) is 0 Å². The largest absolute Gasteiger partial charge is 0.490 e. The molecular weight excluding hydrogens is 879 g/mol. The number of carboxylic acid groups (broad SMARTS) is 1. The lowest BCUT2D eigenvalue weighted by Gasteiger charge is -2.45. The number of ether oxygens (including phenoxy) is 2. The van der Waals surface area contributed by atoms with Crippen LogP contribution in [-0.4, -0.2) is 111 Å². The van der Waals surface area contributed by atoms with Gasteiger partial charge in [-0.25, -0.2) is 18.4 Å². The molecule has 3 aliphatic heterocycles. The van der Waals surface area contributed by atoms with Crippen LogP contribution >= 0.6 is 34.2 Å². The third-order valence-corrected chi connectivity index (χ3v) is 13.5. The van der Waals surface area contributed by atoms with Crippen molar-refractivity contribution in [2.45, 2.75) is 88.5 Å². The second-order valence-corrected chi connectivity index (χ2v) is 17.6. The number of nitrogens with zero attached hydrogens (tertiary/aromatic N) is 2. The number of allylic oxidation sites excluding steroid dienone is 1. The fourth-order valence-electron chi connectivity index (χ4n) is 8.54. The van der Waals surface area contributed by atoms with E-state index in [0.29, 0.717) is 37.8 Å². The summed E-state index contributed by atoms with van der Waals surface area (Å²) in [5.74, 6) is 0.282. The van der Waals surface area contributed by atoms with Crippen LogP contribution in [0.3, 0.4) is 0 Å². The number of fused-ring (bicyclic) bond motifs is 4. The van der Waals surface area contributed by atoms with E-state index < -0.39 is 27.3 Å². The maximum absolute atomic E-state index is 11.7. The Kier molecular flexibility index (Phi) is 20.3. The van der Waals surface area contributed by atoms with Crippen LogP contribution in [0.15, 0.2) is 61.7 Å². The van der Waals surface area contributed by atoms with Crippen molar-refractivity contribution in [3.8, 4) is 5.75 Å². The Morgan fingerprint density at radius 3 is 2.60 bits per heavy atom. The second kappa shape index (κ2) is 23.5. The Labute approximate surface area is 360 Å². The summed E-state index contributed by atoms with van der Waals surface area (Å²) in [5.41, 5.74) is 3.44. The lowest BCUT2D eigenvalue weighted by molar-refractivity contribution is -0.0168. The first-order chi connectivity index (χ1) is 26.9. The van der Waals surface area contributed by atoms with Crippen LogP contribution in [0.25, 0.3) is 0 Å². The average Bonchev–Trinajstić information content (AvgIpc) is 3.34. The molecule has 14 heteroatoms. The molecule has 2 saturated heterocycles. The Morgan fingerprint density at radius 1 is 1.19 bits per heavy atom. The number of morpholine rings is 1. The van der Waals surface area contributed by atoms with Gasteiger partial charge >= 0.3 is 5.97 Å². The highest BCUT2D eigenvalue weighted by Gasteiger charge is 2.44. The molecule has 2 aromatic carbocycles. The van der Waals surface area contributed by atoms with Gasteiger partial charge in [0.2, 0.25) is 10.0 Å². The predicted molar refractivity (Wildman–Crippen MR) is 242 cm³/mol. The highest BCUT2D eigenvalue weighted by molar-refractivity contribution is 14.1. The fraction of sp³-hybridized carbons (Fsp3) is 0.605. The van der Waals surface area contributed by atoms with E-state index in [-0.39, 0.29) is 24.3 Å². The Balaban J connectivity index is 0.000000297. The van der Waals surface area contributed by atoms with Crippen molar-refractivity contribution in [3.63, 3.8) is 0 Å². The summed E-state index contributed by atoms with van der Waals surface area (Å²) in [6.07, 6.45) is 9.77. The van der Waals surface area contributed by atoms with E-state index in [9.17, 15) is 23.4 Å². The predicted octanol–water partition coefficient (Wildman–Crippen LogP) is 7.08. The Bertz CT molecular complexity index is 1690. The number of rotatable bonds is 10. The van der Waals surface area contributed by atoms with E-state index in [4.69, 9.17) is 26.2 Å². The van der Waals surface area contributed by atoms with Crippen LogP contribution in [0.1, 0.15) is 80.8 Å². The molecule has 11 nitrogen and oxygen atoms in total. The maximum atomic E-state index is 11.7. The minimum atomic E-state index is -3.33. The number of primary sulfonamides is 1. The molecule has 0 radical (unpaired) electrons. The second-order valence-electron chi connectivity index (χ2n) is 15.3. The van der Waals surface area contributed by atoms with Crippen LogP contribution in [0.5, 0.6) is 5.75 Å². The number of carbonyl (C=O) groups is 1. The van der Waals surface area contributed by atoms with Crippen molar-refractivity contribution in [1.82, 2.24) is 10.2 Å². The Morgan fingerprint density at radius 2 is 1.96 bits per heavy atom. The number of anilines is 1. The fourth-order valence-corrected chi connectivity index (χ4v) is 9.67. The summed E-state index contributed by atoms with van der Waals surface area (Å²) < 4.78 is 33.4. The molecule has 0 unspecified atom stereocenters. The first-order valence-electron chi connectivity index (χ1n) is 19.8. The molecular formula is C43H66ClIN4O7S. The summed E-state index contributed by atoms with van der Waals surface area (Å²) in [6, 6.07) is 12.0. The first-order valence-corrected chi connectivity index (χ1v) is 23.9. The first kappa shape index (κ1) is 49.1. The van der Waals surface area contributed by atoms with Gasteiger partial charge < -0.3 is 29.9 Å². The molecule has 3 fully saturated rings. The van der Waals surface area contributed by atoms with Gasteiger partial charge in [0.1, 0.15) is 5.75 Å². The highest BCUT2D eigenvalue weighted by atomic mass is 127. The summed E-state index contributed by atoms with van der Waals surface area (Å²) in [4.78, 5) is 18.5. The molecule has 7 rings (SSSR count). The summed E-state index contributed by atoms with van der Waals surface area (Å²) >= 11 is 8.46. The molecule has 1 spiro atoms. The zero-order chi connectivity index (χ0) is 40.9. The van der Waals surface area contributed by atoms with Gasteiger partial charge in [-0.1, -0.05) is 66.8 Å². The number of halogens is 2. The number of benzene rings is 2. The lowest BCUT2D eigenvalue weighted by Crippen LogP contribution is -2.56. The monoisotopic (exact) mass is 944 g/mol. The van der Waals surface area contributed by atoms with E-state index in [2.05, 4.69) is 63.0 Å². The standard InChI is InChI=1S/C27H30ClNO4.C7H14N2O.C7H15NO2S.CH3I.CH4/c1-2-24(30)21-8-5-19(21)14-29-15-27(11-3-4-17-12-20(28)7-9-22(17)27)16-33-25-10-6-18(26(31)32)13-23(25)29;1-2-9-3-4-10-6-7(9)5-8-1;1-3-5-6-7(4-2)11(8,9)10;1-2;/h2,6-7,9-10,12-13,19,21,24,30H,1,3-5,8,11,14-16H2,(H,31,32);7-8H,1-6H2;3,7H,1,4-6H2,2H3,(H2,8,9,10);1H3;1H4/t19-,21+,24-,27-;2*7-;;/m001../s1. The molecule has 6 atom stereocenters. The number of aromatic carboxylic acids is 1. The average molecular weight is 945 g/mol. The van der Waals surface area contributed by atoms with Crippen molar-refractivity contribution in [1.29, 1.82) is 0 Å². The van der Waals surface area contributed by atoms with Crippen LogP contribution in [0.4, 0.5) is 5.69 Å². The minimum Gasteiger partial charge on any atom is -0.490 e. The zero-order valence-corrected chi connectivity index (χ0v) is 36.7. The van der Waals surface area contributed by atoms with E-state index in [1.165, 1.54) is 17.7 Å². The van der Waals surface area contributed by atoms with Gasteiger partial charge in [0.15, 0.2) is 0 Å². The third kappa shape index (κ3) is 13.1.